The third-order valence-corrected chi connectivity index (χ3v) is 3.71. The smallest absolute Gasteiger partial charge is 0.0454 e. The molecule has 0 aliphatic rings. The molecule has 2 aromatic rings. The molecular formula is C16H24N2. The molecule has 0 saturated heterocycles. The summed E-state index contributed by atoms with van der Waals surface area (Å²) in [5, 5.41) is 4.79. The quantitative estimate of drug-likeness (QED) is 0.798. The summed E-state index contributed by atoms with van der Waals surface area (Å²) in [6.07, 6.45) is 3.17. The fraction of sp³-hybridized carbons (Fsp3) is 0.500. The van der Waals surface area contributed by atoms with Crippen molar-refractivity contribution in [3.05, 3.63) is 36.0 Å². The van der Waals surface area contributed by atoms with Gasteiger partial charge in [0.1, 0.15) is 0 Å². The number of rotatable bonds is 6. The van der Waals surface area contributed by atoms with Gasteiger partial charge < -0.3 is 10.3 Å². The first-order valence-corrected chi connectivity index (χ1v) is 6.97. The van der Waals surface area contributed by atoms with Crippen LogP contribution in [0.1, 0.15) is 26.3 Å². The SMILES string of the molecule is CCNCC(Cc1ccc2[nH]ccc2c1)C(C)C. The Bertz CT molecular complexity index is 485. The van der Waals surface area contributed by atoms with Gasteiger partial charge in [0.15, 0.2) is 0 Å². The number of aromatic amines is 1. The molecule has 2 rings (SSSR count). The van der Waals surface area contributed by atoms with Crippen molar-refractivity contribution in [2.45, 2.75) is 27.2 Å². The van der Waals surface area contributed by atoms with E-state index in [-0.39, 0.29) is 0 Å². The summed E-state index contributed by atoms with van der Waals surface area (Å²) in [4.78, 5) is 3.24. The lowest BCUT2D eigenvalue weighted by atomic mass is 9.89. The fourth-order valence-electron chi connectivity index (χ4n) is 2.41. The van der Waals surface area contributed by atoms with Crippen molar-refractivity contribution in [1.82, 2.24) is 10.3 Å². The lowest BCUT2D eigenvalue weighted by Crippen LogP contribution is -2.27. The number of benzene rings is 1. The van der Waals surface area contributed by atoms with Crippen LogP contribution in [0, 0.1) is 11.8 Å². The van der Waals surface area contributed by atoms with Crippen LogP contribution in [0.3, 0.4) is 0 Å². The number of aromatic nitrogens is 1. The summed E-state index contributed by atoms with van der Waals surface area (Å²) >= 11 is 0. The first-order valence-electron chi connectivity index (χ1n) is 6.97. The molecular weight excluding hydrogens is 220 g/mol. The van der Waals surface area contributed by atoms with Gasteiger partial charge >= 0.3 is 0 Å². The molecule has 0 aliphatic heterocycles. The molecule has 2 nitrogen and oxygen atoms in total. The Morgan fingerprint density at radius 3 is 2.78 bits per heavy atom. The predicted molar refractivity (Wildman–Crippen MR) is 78.9 cm³/mol. The van der Waals surface area contributed by atoms with Crippen LogP contribution >= 0.6 is 0 Å². The molecule has 1 aromatic carbocycles. The van der Waals surface area contributed by atoms with Gasteiger partial charge in [0, 0.05) is 11.7 Å². The standard InChI is InChI=1S/C16H24N2/c1-4-17-11-15(12(2)3)10-13-5-6-16-14(9-13)7-8-18-16/h5-9,12,15,17-18H,4,10-11H2,1-3H3. The highest BCUT2D eigenvalue weighted by Crippen LogP contribution is 2.20. The maximum atomic E-state index is 3.48. The third-order valence-electron chi connectivity index (χ3n) is 3.71. The number of hydrogen-bond donors (Lipinski definition) is 2. The second-order valence-corrected chi connectivity index (χ2v) is 5.42. The summed E-state index contributed by atoms with van der Waals surface area (Å²) in [5.41, 5.74) is 2.67. The summed E-state index contributed by atoms with van der Waals surface area (Å²) < 4.78 is 0. The number of hydrogen-bond acceptors (Lipinski definition) is 1. The minimum atomic E-state index is 0.710. The van der Waals surface area contributed by atoms with Gasteiger partial charge in [-0.05, 0) is 60.5 Å². The highest BCUT2D eigenvalue weighted by Gasteiger charge is 2.13. The fourth-order valence-corrected chi connectivity index (χ4v) is 2.41. The topological polar surface area (TPSA) is 27.8 Å². The predicted octanol–water partition coefficient (Wildman–Crippen LogP) is 3.59. The summed E-state index contributed by atoms with van der Waals surface area (Å²) in [6, 6.07) is 8.90. The Balaban J connectivity index is 2.09. The van der Waals surface area contributed by atoms with E-state index < -0.39 is 0 Å². The Morgan fingerprint density at radius 2 is 2.06 bits per heavy atom. The van der Waals surface area contributed by atoms with Crippen molar-refractivity contribution in [1.29, 1.82) is 0 Å². The Labute approximate surface area is 110 Å². The maximum Gasteiger partial charge on any atom is 0.0454 e. The van der Waals surface area contributed by atoms with Gasteiger partial charge in [0.05, 0.1) is 0 Å². The zero-order valence-corrected chi connectivity index (χ0v) is 11.7. The minimum absolute atomic E-state index is 0.710. The van der Waals surface area contributed by atoms with Crippen LogP contribution in [0.5, 0.6) is 0 Å². The van der Waals surface area contributed by atoms with Crippen LogP contribution in [-0.2, 0) is 6.42 Å². The average Bonchev–Trinajstić information content (AvgIpc) is 2.81. The van der Waals surface area contributed by atoms with Crippen molar-refractivity contribution in [2.24, 2.45) is 11.8 Å². The van der Waals surface area contributed by atoms with E-state index in [2.05, 4.69) is 55.3 Å². The molecule has 0 saturated carbocycles. The van der Waals surface area contributed by atoms with Crippen molar-refractivity contribution >= 4 is 10.9 Å². The van der Waals surface area contributed by atoms with Gasteiger partial charge in [0.25, 0.3) is 0 Å². The van der Waals surface area contributed by atoms with Gasteiger partial charge in [-0.3, -0.25) is 0 Å². The van der Waals surface area contributed by atoms with Crippen molar-refractivity contribution in [3.63, 3.8) is 0 Å². The van der Waals surface area contributed by atoms with Crippen LogP contribution in [0.15, 0.2) is 30.5 Å². The second-order valence-electron chi connectivity index (χ2n) is 5.42. The Kier molecular flexibility index (Phi) is 4.43. The van der Waals surface area contributed by atoms with E-state index in [1.807, 2.05) is 6.20 Å². The number of H-pyrrole nitrogens is 1. The van der Waals surface area contributed by atoms with E-state index in [9.17, 15) is 0 Å². The van der Waals surface area contributed by atoms with Gasteiger partial charge in [-0.1, -0.05) is 26.8 Å². The zero-order valence-electron chi connectivity index (χ0n) is 11.7. The van der Waals surface area contributed by atoms with E-state index in [1.165, 1.54) is 16.5 Å². The summed E-state index contributed by atoms with van der Waals surface area (Å²) in [7, 11) is 0. The normalized spacial score (nSPS) is 13.3. The van der Waals surface area contributed by atoms with E-state index in [4.69, 9.17) is 0 Å². The average molecular weight is 244 g/mol. The molecule has 1 aromatic heterocycles. The molecule has 2 heteroatoms. The highest BCUT2D eigenvalue weighted by atomic mass is 14.8. The van der Waals surface area contributed by atoms with Crippen LogP contribution in [0.2, 0.25) is 0 Å². The van der Waals surface area contributed by atoms with Gasteiger partial charge in [0.2, 0.25) is 0 Å². The Hall–Kier alpha value is -1.28. The molecule has 1 heterocycles. The van der Waals surface area contributed by atoms with Gasteiger partial charge in [-0.25, -0.2) is 0 Å². The van der Waals surface area contributed by atoms with Gasteiger partial charge in [-0.2, -0.15) is 0 Å². The number of nitrogens with one attached hydrogen (secondary N) is 2. The molecule has 1 unspecified atom stereocenters. The lowest BCUT2D eigenvalue weighted by molar-refractivity contribution is 0.364. The van der Waals surface area contributed by atoms with E-state index >= 15 is 0 Å². The molecule has 18 heavy (non-hydrogen) atoms. The second kappa shape index (κ2) is 6.05. The van der Waals surface area contributed by atoms with Crippen molar-refractivity contribution in [3.8, 4) is 0 Å². The monoisotopic (exact) mass is 244 g/mol. The van der Waals surface area contributed by atoms with Crippen molar-refractivity contribution in [2.75, 3.05) is 13.1 Å². The van der Waals surface area contributed by atoms with Gasteiger partial charge in [-0.15, -0.1) is 0 Å². The van der Waals surface area contributed by atoms with E-state index in [0.717, 1.165) is 19.5 Å². The molecule has 0 radical (unpaired) electrons. The minimum Gasteiger partial charge on any atom is -0.361 e. The molecule has 98 valence electrons. The largest absolute Gasteiger partial charge is 0.361 e. The van der Waals surface area contributed by atoms with Crippen LogP contribution in [-0.4, -0.2) is 18.1 Å². The summed E-state index contributed by atoms with van der Waals surface area (Å²) in [5.74, 6) is 1.42. The van der Waals surface area contributed by atoms with Crippen LogP contribution in [0.25, 0.3) is 10.9 Å². The zero-order chi connectivity index (χ0) is 13.0. The Morgan fingerprint density at radius 1 is 1.22 bits per heavy atom. The van der Waals surface area contributed by atoms with Crippen LogP contribution in [0.4, 0.5) is 0 Å². The number of fused-ring (bicyclic) bond motifs is 1. The highest BCUT2D eigenvalue weighted by molar-refractivity contribution is 5.79. The first-order chi connectivity index (χ1) is 8.70. The maximum absolute atomic E-state index is 3.48. The first kappa shape index (κ1) is 13.2. The third kappa shape index (κ3) is 3.14. The van der Waals surface area contributed by atoms with E-state index in [0.29, 0.717) is 11.8 Å². The molecule has 0 fully saturated rings. The lowest BCUT2D eigenvalue weighted by Gasteiger charge is -2.21. The summed E-state index contributed by atoms with van der Waals surface area (Å²) in [6.45, 7) is 8.97. The molecule has 0 aliphatic carbocycles. The molecule has 0 bridgehead atoms. The molecule has 1 atom stereocenters. The molecule has 2 N–H and O–H groups in total. The molecule has 0 spiro atoms. The van der Waals surface area contributed by atoms with E-state index in [1.54, 1.807) is 0 Å². The van der Waals surface area contributed by atoms with Crippen LogP contribution < -0.4 is 5.32 Å². The molecule has 0 amide bonds. The van der Waals surface area contributed by atoms with Crippen molar-refractivity contribution < 1.29 is 0 Å².